The van der Waals surface area contributed by atoms with Crippen LogP contribution in [0.2, 0.25) is 5.02 Å². The molecule has 0 aliphatic rings. The van der Waals surface area contributed by atoms with Gasteiger partial charge in [0.15, 0.2) is 0 Å². The van der Waals surface area contributed by atoms with Crippen LogP contribution in [-0.2, 0) is 9.59 Å². The summed E-state index contributed by atoms with van der Waals surface area (Å²) in [4.78, 5) is 33.6. The van der Waals surface area contributed by atoms with Crippen LogP contribution in [0.5, 0.6) is 0 Å². The van der Waals surface area contributed by atoms with E-state index in [0.717, 1.165) is 19.3 Å². The Morgan fingerprint density at radius 1 is 1.14 bits per heavy atom. The van der Waals surface area contributed by atoms with Gasteiger partial charge in [-0.05, 0) is 12.5 Å². The average Bonchev–Trinajstić information content (AvgIpc) is 2.66. The van der Waals surface area contributed by atoms with E-state index in [0.29, 0.717) is 12.0 Å². The molecule has 0 aromatic heterocycles. The molecule has 0 heterocycles. The van der Waals surface area contributed by atoms with Gasteiger partial charge in [0, 0.05) is 18.1 Å². The molecule has 1 aromatic rings. The van der Waals surface area contributed by atoms with Crippen molar-refractivity contribution in [2.24, 2.45) is 5.10 Å². The van der Waals surface area contributed by atoms with Crippen molar-refractivity contribution in [3.8, 4) is 0 Å². The van der Waals surface area contributed by atoms with Gasteiger partial charge in [-0.15, -0.1) is 0 Å². The van der Waals surface area contributed by atoms with Crippen molar-refractivity contribution in [3.63, 3.8) is 0 Å². The topological polar surface area (TPSA) is 114 Å². The fourth-order valence-electron chi connectivity index (χ4n) is 2.48. The molecule has 0 aliphatic carbocycles. The Labute approximate surface area is 169 Å². The third kappa shape index (κ3) is 10.0. The first-order valence-electron chi connectivity index (χ1n) is 9.46. The number of carbonyl (C=O) groups excluding carboxylic acids is 2. The van der Waals surface area contributed by atoms with Crippen molar-refractivity contribution < 1.29 is 14.5 Å². The molecular formula is C19H27ClN4O4. The number of hydrogen-bond donors (Lipinski definition) is 2. The molecule has 2 amide bonds. The Morgan fingerprint density at radius 2 is 1.82 bits per heavy atom. The van der Waals surface area contributed by atoms with Crippen molar-refractivity contribution in [2.45, 2.75) is 58.3 Å². The Balaban J connectivity index is 2.22. The molecule has 9 heteroatoms. The lowest BCUT2D eigenvalue weighted by atomic mass is 10.1. The molecule has 0 fully saturated rings. The minimum atomic E-state index is -0.598. The monoisotopic (exact) mass is 410 g/mol. The van der Waals surface area contributed by atoms with Crippen LogP contribution in [0, 0.1) is 10.1 Å². The zero-order valence-corrected chi connectivity index (χ0v) is 16.8. The smallest absolute Gasteiger partial charge is 0.288 e. The number of hydrazone groups is 1. The van der Waals surface area contributed by atoms with Crippen LogP contribution >= 0.6 is 11.6 Å². The maximum Gasteiger partial charge on any atom is 0.288 e. The summed E-state index contributed by atoms with van der Waals surface area (Å²) in [5, 5.41) is 17.1. The third-order valence-electron chi connectivity index (χ3n) is 4.02. The number of carbonyl (C=O) groups is 2. The van der Waals surface area contributed by atoms with E-state index in [2.05, 4.69) is 22.8 Å². The van der Waals surface area contributed by atoms with Crippen LogP contribution in [0.3, 0.4) is 0 Å². The molecule has 154 valence electrons. The van der Waals surface area contributed by atoms with Crippen molar-refractivity contribution in [1.82, 2.24) is 10.7 Å². The zero-order valence-electron chi connectivity index (χ0n) is 16.1. The summed E-state index contributed by atoms with van der Waals surface area (Å²) in [6.07, 6.45) is 9.54. The van der Waals surface area contributed by atoms with Gasteiger partial charge in [-0.3, -0.25) is 19.7 Å². The van der Waals surface area contributed by atoms with Crippen molar-refractivity contribution >= 4 is 35.3 Å². The van der Waals surface area contributed by atoms with Crippen LogP contribution in [0.25, 0.3) is 0 Å². The normalized spacial score (nSPS) is 10.8. The summed E-state index contributed by atoms with van der Waals surface area (Å²) in [7, 11) is 0. The Hall–Kier alpha value is -2.48. The number of benzene rings is 1. The molecule has 0 atom stereocenters. The molecule has 0 bridgehead atoms. The number of amides is 2. The predicted octanol–water partition coefficient (Wildman–Crippen LogP) is 3.96. The molecule has 0 saturated carbocycles. The molecule has 0 aliphatic heterocycles. The highest BCUT2D eigenvalue weighted by Gasteiger charge is 2.12. The number of nitrogens with one attached hydrogen (secondary N) is 2. The third-order valence-corrected chi connectivity index (χ3v) is 4.34. The Kier molecular flexibility index (Phi) is 11.5. The van der Waals surface area contributed by atoms with Crippen LogP contribution in [0.4, 0.5) is 5.69 Å². The van der Waals surface area contributed by atoms with E-state index in [1.54, 1.807) is 0 Å². The van der Waals surface area contributed by atoms with E-state index in [1.165, 1.54) is 50.1 Å². The number of unbranched alkanes of at least 4 members (excludes halogenated alkanes) is 6. The summed E-state index contributed by atoms with van der Waals surface area (Å²) in [5.41, 5.74) is 2.43. The highest BCUT2D eigenvalue weighted by molar-refractivity contribution is 6.32. The molecule has 1 rings (SSSR count). The standard InChI is InChI=1S/C19H27ClN4O4/c1-2-3-4-5-6-7-8-9-18(25)21-14-19(26)23-22-13-15-10-11-16(20)17(12-15)24(27)28/h10-13H,2-9,14H2,1H3,(H,21,25)(H,23,26). The van der Waals surface area contributed by atoms with Crippen molar-refractivity contribution in [2.75, 3.05) is 6.54 Å². The summed E-state index contributed by atoms with van der Waals surface area (Å²) in [5.74, 6) is -0.645. The molecule has 8 nitrogen and oxygen atoms in total. The van der Waals surface area contributed by atoms with Crippen LogP contribution in [-0.4, -0.2) is 29.5 Å². The predicted molar refractivity (Wildman–Crippen MR) is 109 cm³/mol. The lowest BCUT2D eigenvalue weighted by Gasteiger charge is -2.04. The lowest BCUT2D eigenvalue weighted by Crippen LogP contribution is -2.34. The van der Waals surface area contributed by atoms with Gasteiger partial charge >= 0.3 is 0 Å². The molecule has 0 unspecified atom stereocenters. The van der Waals surface area contributed by atoms with E-state index in [4.69, 9.17) is 11.6 Å². The quantitative estimate of drug-likeness (QED) is 0.222. The Morgan fingerprint density at radius 3 is 2.50 bits per heavy atom. The lowest BCUT2D eigenvalue weighted by molar-refractivity contribution is -0.384. The van der Waals surface area contributed by atoms with Gasteiger partial charge in [0.25, 0.3) is 11.6 Å². The number of nitro benzene ring substituents is 1. The maximum absolute atomic E-state index is 11.7. The van der Waals surface area contributed by atoms with Crippen LogP contribution in [0.1, 0.15) is 63.9 Å². The van der Waals surface area contributed by atoms with E-state index >= 15 is 0 Å². The molecular weight excluding hydrogens is 384 g/mol. The molecule has 0 saturated heterocycles. The van der Waals surface area contributed by atoms with Crippen LogP contribution < -0.4 is 10.7 Å². The summed E-state index contributed by atoms with van der Waals surface area (Å²) >= 11 is 5.72. The zero-order chi connectivity index (χ0) is 20.8. The summed E-state index contributed by atoms with van der Waals surface area (Å²) < 4.78 is 0. The van der Waals surface area contributed by atoms with Crippen molar-refractivity contribution in [3.05, 3.63) is 38.9 Å². The second kappa shape index (κ2) is 13.7. The highest BCUT2D eigenvalue weighted by atomic mass is 35.5. The first kappa shape index (κ1) is 23.6. The minimum absolute atomic E-state index is 0.0230. The second-order valence-electron chi connectivity index (χ2n) is 6.41. The number of halogens is 1. The summed E-state index contributed by atoms with van der Waals surface area (Å²) in [6, 6.07) is 4.17. The Bertz CT molecular complexity index is 695. The van der Waals surface area contributed by atoms with E-state index < -0.39 is 10.8 Å². The molecule has 0 radical (unpaired) electrons. The second-order valence-corrected chi connectivity index (χ2v) is 6.82. The SMILES string of the molecule is CCCCCCCCCC(=O)NCC(=O)NN=Cc1ccc(Cl)c([N+](=O)[O-])c1. The fraction of sp³-hybridized carbons (Fsp3) is 0.526. The van der Waals surface area contributed by atoms with Gasteiger partial charge in [-0.2, -0.15) is 5.10 Å². The molecule has 2 N–H and O–H groups in total. The summed E-state index contributed by atoms with van der Waals surface area (Å²) in [6.45, 7) is 2.00. The van der Waals surface area contributed by atoms with Gasteiger partial charge in [0.05, 0.1) is 17.7 Å². The van der Waals surface area contributed by atoms with Gasteiger partial charge < -0.3 is 5.32 Å². The molecule has 0 spiro atoms. The van der Waals surface area contributed by atoms with E-state index in [1.807, 2.05) is 0 Å². The number of nitro groups is 1. The number of rotatable bonds is 13. The molecule has 1 aromatic carbocycles. The van der Waals surface area contributed by atoms with E-state index in [-0.39, 0.29) is 23.2 Å². The van der Waals surface area contributed by atoms with Gasteiger partial charge in [0.2, 0.25) is 5.91 Å². The average molecular weight is 411 g/mol. The van der Waals surface area contributed by atoms with Crippen molar-refractivity contribution in [1.29, 1.82) is 0 Å². The molecule has 28 heavy (non-hydrogen) atoms. The van der Waals surface area contributed by atoms with E-state index in [9.17, 15) is 19.7 Å². The number of nitrogens with zero attached hydrogens (tertiary/aromatic N) is 2. The first-order valence-corrected chi connectivity index (χ1v) is 9.84. The fourth-order valence-corrected chi connectivity index (χ4v) is 2.66. The largest absolute Gasteiger partial charge is 0.347 e. The minimum Gasteiger partial charge on any atom is -0.347 e. The number of hydrogen-bond acceptors (Lipinski definition) is 5. The highest BCUT2D eigenvalue weighted by Crippen LogP contribution is 2.24. The maximum atomic E-state index is 11.7. The van der Waals surface area contributed by atoms with Crippen LogP contribution in [0.15, 0.2) is 23.3 Å². The van der Waals surface area contributed by atoms with Gasteiger partial charge in [0.1, 0.15) is 5.02 Å². The van der Waals surface area contributed by atoms with Gasteiger partial charge in [-0.25, -0.2) is 5.43 Å². The first-order chi connectivity index (χ1) is 13.4. The van der Waals surface area contributed by atoms with Gasteiger partial charge in [-0.1, -0.05) is 63.1 Å².